The van der Waals surface area contributed by atoms with Gasteiger partial charge in [0.1, 0.15) is 6.04 Å². The number of rotatable bonds is 4. The monoisotopic (exact) mass is 366 g/mol. The van der Waals surface area contributed by atoms with Gasteiger partial charge in [0.05, 0.1) is 11.6 Å². The Morgan fingerprint density at radius 2 is 2.07 bits per heavy atom. The highest BCUT2D eigenvalue weighted by molar-refractivity contribution is 5.89. The first-order valence-electron chi connectivity index (χ1n) is 9.60. The fourth-order valence-corrected chi connectivity index (χ4v) is 4.23. The maximum Gasteiger partial charge on any atom is 0.244 e. The van der Waals surface area contributed by atoms with Gasteiger partial charge in [-0.1, -0.05) is 12.2 Å². The second-order valence-electron chi connectivity index (χ2n) is 7.62. The van der Waals surface area contributed by atoms with Crippen molar-refractivity contribution < 1.29 is 9.90 Å². The molecule has 1 aromatic carbocycles. The molecule has 1 unspecified atom stereocenters. The molecule has 27 heavy (non-hydrogen) atoms. The lowest BCUT2D eigenvalue weighted by atomic mass is 9.87. The van der Waals surface area contributed by atoms with Crippen molar-refractivity contribution in [3.8, 4) is 0 Å². The highest BCUT2D eigenvalue weighted by Crippen LogP contribution is 2.33. The van der Waals surface area contributed by atoms with Crippen LogP contribution in [-0.4, -0.2) is 33.4 Å². The molecule has 0 bridgehead atoms. The molecule has 6 heteroatoms. The minimum atomic E-state index is -0.476. The summed E-state index contributed by atoms with van der Waals surface area (Å²) in [6.45, 7) is 2.27. The number of allylic oxidation sites excluding steroid dienone is 3. The molecule has 1 atom stereocenters. The predicted octanol–water partition coefficient (Wildman–Crippen LogP) is 2.89. The van der Waals surface area contributed by atoms with E-state index < -0.39 is 6.04 Å². The first-order chi connectivity index (χ1) is 13.1. The maximum absolute atomic E-state index is 11.9. The Labute approximate surface area is 158 Å². The van der Waals surface area contributed by atoms with E-state index in [4.69, 9.17) is 10.8 Å². The number of nitrogens with zero attached hydrogens (tertiary/aromatic N) is 3. The molecule has 1 aromatic heterocycles. The summed E-state index contributed by atoms with van der Waals surface area (Å²) in [5.41, 5.74) is 8.47. The third-order valence-corrected chi connectivity index (χ3v) is 5.81. The minimum Gasteiger partial charge on any atom is -0.396 e. The number of carbonyl (C=O) groups is 1. The number of hydrogen-bond acceptors (Lipinski definition) is 4. The number of anilines is 1. The van der Waals surface area contributed by atoms with Crippen LogP contribution in [0.2, 0.25) is 0 Å². The third kappa shape index (κ3) is 3.37. The Bertz CT molecular complexity index is 906. The molecule has 6 nitrogen and oxygen atoms in total. The van der Waals surface area contributed by atoms with E-state index >= 15 is 0 Å². The number of aliphatic hydroxyl groups excluding tert-OH is 1. The van der Waals surface area contributed by atoms with Crippen molar-refractivity contribution >= 4 is 22.5 Å². The molecule has 2 heterocycles. The van der Waals surface area contributed by atoms with Gasteiger partial charge in [-0.05, 0) is 62.8 Å². The van der Waals surface area contributed by atoms with Gasteiger partial charge in [-0.15, -0.1) is 0 Å². The zero-order valence-corrected chi connectivity index (χ0v) is 15.6. The Morgan fingerprint density at radius 3 is 2.78 bits per heavy atom. The summed E-state index contributed by atoms with van der Waals surface area (Å²) in [6.07, 6.45) is 12.0. The molecule has 1 fully saturated rings. The van der Waals surface area contributed by atoms with E-state index in [1.54, 1.807) is 0 Å². The van der Waals surface area contributed by atoms with Crippen molar-refractivity contribution in [1.82, 2.24) is 9.78 Å². The van der Waals surface area contributed by atoms with E-state index in [0.29, 0.717) is 12.0 Å². The van der Waals surface area contributed by atoms with Crippen LogP contribution in [-0.2, 0) is 4.79 Å². The number of nitrogens with two attached hydrogens (primary N) is 1. The number of amides is 1. The summed E-state index contributed by atoms with van der Waals surface area (Å²) in [5, 5.41) is 15.1. The fourth-order valence-electron chi connectivity index (χ4n) is 4.23. The molecule has 2 aromatic rings. The molecule has 2 aliphatic rings. The summed E-state index contributed by atoms with van der Waals surface area (Å²) < 4.78 is 2.08. The van der Waals surface area contributed by atoms with Gasteiger partial charge in [0.2, 0.25) is 5.91 Å². The van der Waals surface area contributed by atoms with Crippen molar-refractivity contribution in [2.45, 2.75) is 44.7 Å². The molecule has 3 N–H and O–H groups in total. The first-order valence-corrected chi connectivity index (χ1v) is 9.60. The van der Waals surface area contributed by atoms with Gasteiger partial charge in [0.25, 0.3) is 0 Å². The van der Waals surface area contributed by atoms with Gasteiger partial charge >= 0.3 is 0 Å². The fraction of sp³-hybridized carbons (Fsp3) is 0.429. The van der Waals surface area contributed by atoms with E-state index in [9.17, 15) is 9.90 Å². The van der Waals surface area contributed by atoms with Crippen LogP contribution in [0.3, 0.4) is 0 Å². The molecule has 1 aliphatic heterocycles. The number of carbonyl (C=O) groups excluding carboxylic acids is 1. The van der Waals surface area contributed by atoms with Crippen LogP contribution < -0.4 is 10.6 Å². The Morgan fingerprint density at radius 1 is 1.30 bits per heavy atom. The van der Waals surface area contributed by atoms with Crippen LogP contribution in [0, 0.1) is 5.92 Å². The van der Waals surface area contributed by atoms with Crippen LogP contribution in [0.4, 0.5) is 5.69 Å². The average molecular weight is 366 g/mol. The topological polar surface area (TPSA) is 84.4 Å². The van der Waals surface area contributed by atoms with E-state index in [-0.39, 0.29) is 12.5 Å². The van der Waals surface area contributed by atoms with Crippen LogP contribution >= 0.6 is 0 Å². The number of aliphatic hydroxyl groups is 1. The molecular weight excluding hydrogens is 340 g/mol. The van der Waals surface area contributed by atoms with Crippen molar-refractivity contribution in [3.63, 3.8) is 0 Å². The largest absolute Gasteiger partial charge is 0.396 e. The SMILES string of the molecule is CC1=CC=CC(C(N)=O)N1c1ccc2nn(C3CCC(CO)CC3)cc2c1. The third-order valence-electron chi connectivity index (χ3n) is 5.81. The quantitative estimate of drug-likeness (QED) is 0.871. The lowest BCUT2D eigenvalue weighted by molar-refractivity contribution is -0.118. The molecule has 0 spiro atoms. The molecule has 1 aliphatic carbocycles. The standard InChI is InChI=1S/C21H26N4O2/c1-14-3-2-4-20(21(22)27)25(14)18-9-10-19-16(11-18)12-24(23-19)17-7-5-15(13-26)6-8-17/h2-4,9-12,15,17,20,26H,5-8,13H2,1H3,(H2,22,27). The lowest BCUT2D eigenvalue weighted by Gasteiger charge is -2.32. The number of aromatic nitrogens is 2. The number of primary amides is 1. The van der Waals surface area contributed by atoms with Gasteiger partial charge in [-0.2, -0.15) is 5.10 Å². The number of hydrogen-bond donors (Lipinski definition) is 2. The van der Waals surface area contributed by atoms with Gasteiger partial charge in [0, 0.05) is 29.6 Å². The number of benzene rings is 1. The van der Waals surface area contributed by atoms with Crippen LogP contribution in [0.5, 0.6) is 0 Å². The molecule has 1 saturated carbocycles. The van der Waals surface area contributed by atoms with Crippen LogP contribution in [0.15, 0.2) is 48.3 Å². The van der Waals surface area contributed by atoms with Gasteiger partial charge in [-0.3, -0.25) is 9.48 Å². The lowest BCUT2D eigenvalue weighted by Crippen LogP contribution is -2.43. The summed E-state index contributed by atoms with van der Waals surface area (Å²) in [7, 11) is 0. The maximum atomic E-state index is 11.9. The summed E-state index contributed by atoms with van der Waals surface area (Å²) in [4.78, 5) is 13.8. The summed E-state index contributed by atoms with van der Waals surface area (Å²) >= 11 is 0. The van der Waals surface area contributed by atoms with Gasteiger partial charge < -0.3 is 15.7 Å². The number of fused-ring (bicyclic) bond motifs is 1. The summed E-state index contributed by atoms with van der Waals surface area (Å²) in [6, 6.07) is 5.99. The Balaban J connectivity index is 1.62. The smallest absolute Gasteiger partial charge is 0.244 e. The molecule has 1 amide bonds. The molecule has 0 saturated heterocycles. The predicted molar refractivity (Wildman–Crippen MR) is 106 cm³/mol. The second-order valence-corrected chi connectivity index (χ2v) is 7.62. The van der Waals surface area contributed by atoms with E-state index in [1.165, 1.54) is 0 Å². The van der Waals surface area contributed by atoms with E-state index in [0.717, 1.165) is 48.0 Å². The molecule has 0 radical (unpaired) electrons. The normalized spacial score (nSPS) is 25.6. The zero-order chi connectivity index (χ0) is 19.0. The molecule has 4 rings (SSSR count). The van der Waals surface area contributed by atoms with Gasteiger partial charge in [0.15, 0.2) is 0 Å². The van der Waals surface area contributed by atoms with Crippen molar-refractivity contribution in [3.05, 3.63) is 48.3 Å². The average Bonchev–Trinajstić information content (AvgIpc) is 3.11. The second kappa shape index (κ2) is 7.19. The summed E-state index contributed by atoms with van der Waals surface area (Å²) in [5.74, 6) is 0.0700. The van der Waals surface area contributed by atoms with Crippen LogP contribution in [0.25, 0.3) is 10.9 Å². The Kier molecular flexibility index (Phi) is 4.74. The van der Waals surface area contributed by atoms with Gasteiger partial charge in [-0.25, -0.2) is 0 Å². The first kappa shape index (κ1) is 17.8. The zero-order valence-electron chi connectivity index (χ0n) is 15.6. The highest BCUT2D eigenvalue weighted by Gasteiger charge is 2.26. The van der Waals surface area contributed by atoms with Crippen molar-refractivity contribution in [2.75, 3.05) is 11.5 Å². The van der Waals surface area contributed by atoms with E-state index in [2.05, 4.69) is 16.9 Å². The van der Waals surface area contributed by atoms with Crippen molar-refractivity contribution in [1.29, 1.82) is 0 Å². The molecular formula is C21H26N4O2. The Hall–Kier alpha value is -2.60. The minimum absolute atomic E-state index is 0.287. The van der Waals surface area contributed by atoms with Crippen molar-refractivity contribution in [2.24, 2.45) is 11.7 Å². The molecule has 142 valence electrons. The highest BCUT2D eigenvalue weighted by atomic mass is 16.3. The van der Waals surface area contributed by atoms with E-state index in [1.807, 2.05) is 42.2 Å². The van der Waals surface area contributed by atoms with Crippen LogP contribution in [0.1, 0.15) is 38.6 Å².